The van der Waals surface area contributed by atoms with Crippen molar-refractivity contribution >= 4 is 12.0 Å². The molecule has 0 spiro atoms. The van der Waals surface area contributed by atoms with Crippen LogP contribution in [0.5, 0.6) is 0 Å². The van der Waals surface area contributed by atoms with Crippen molar-refractivity contribution in [3.05, 3.63) is 35.4 Å². The maximum absolute atomic E-state index is 10.8. The summed E-state index contributed by atoms with van der Waals surface area (Å²) in [5.41, 5.74) is 1.37. The molecule has 1 radical (unpaired) electrons. The van der Waals surface area contributed by atoms with Crippen molar-refractivity contribution in [3.8, 4) is 0 Å². The van der Waals surface area contributed by atoms with Crippen molar-refractivity contribution < 1.29 is 4.79 Å². The van der Waals surface area contributed by atoms with Crippen LogP contribution in [0.3, 0.4) is 0 Å². The molecule has 1 rings (SSSR count). The Balaban J connectivity index is 3.00. The molecule has 0 aliphatic heterocycles. The molecule has 0 bridgehead atoms. The zero-order valence-electron chi connectivity index (χ0n) is 6.24. The molecule has 0 saturated heterocycles. The van der Waals surface area contributed by atoms with Crippen LogP contribution < -0.4 is 5.41 Å². The van der Waals surface area contributed by atoms with Crippen LogP contribution in [0.2, 0.25) is 0 Å². The summed E-state index contributed by atoms with van der Waals surface area (Å²) in [6, 6.07) is 6.75. The average molecular weight is 146 g/mol. The molecular formula is C9H8NO. The predicted octanol–water partition coefficient (Wildman–Crippen LogP) is 1.11. The normalized spacial score (nSPS) is 9.18. The molecule has 0 amide bonds. The number of Topliss-reactive ketones (excluding diaryl/α,β-unsaturated/α-hetero) is 1. The van der Waals surface area contributed by atoms with Crippen LogP contribution >= 0.6 is 0 Å². The average Bonchev–Trinajstić information content (AvgIpc) is 2.05. The Bertz CT molecular complexity index is 274. The molecule has 1 aromatic rings. The summed E-state index contributed by atoms with van der Waals surface area (Å²) in [6.45, 7) is 1.51. The van der Waals surface area contributed by atoms with Crippen molar-refractivity contribution in [1.29, 1.82) is 0 Å². The molecule has 0 heterocycles. The largest absolute Gasteiger partial charge is 0.295 e. The fourth-order valence-electron chi connectivity index (χ4n) is 0.804. The van der Waals surface area contributed by atoms with Crippen molar-refractivity contribution in [2.45, 2.75) is 6.92 Å². The van der Waals surface area contributed by atoms with E-state index in [9.17, 15) is 4.79 Å². The van der Waals surface area contributed by atoms with Gasteiger partial charge in [0.2, 0.25) is 0 Å². The minimum atomic E-state index is 0.0366. The highest BCUT2D eigenvalue weighted by Gasteiger charge is 1.96. The third-order valence-electron chi connectivity index (χ3n) is 1.47. The van der Waals surface area contributed by atoms with Crippen LogP contribution in [0.4, 0.5) is 0 Å². The lowest BCUT2D eigenvalue weighted by Crippen LogP contribution is -1.91. The van der Waals surface area contributed by atoms with Crippen LogP contribution in [0, 0.1) is 0 Å². The van der Waals surface area contributed by atoms with Gasteiger partial charge in [-0.25, -0.2) is 0 Å². The summed E-state index contributed by atoms with van der Waals surface area (Å²) < 4.78 is 0. The number of rotatable bonds is 2. The number of carbonyl (C=O) groups excluding carboxylic acids is 1. The molecule has 55 valence electrons. The molecule has 0 unspecified atom stereocenters. The van der Waals surface area contributed by atoms with Crippen LogP contribution in [0.15, 0.2) is 24.3 Å². The van der Waals surface area contributed by atoms with Crippen LogP contribution in [0.1, 0.15) is 22.8 Å². The van der Waals surface area contributed by atoms with Gasteiger partial charge in [-0.1, -0.05) is 24.3 Å². The SMILES string of the molecule is CC(=O)c1ccc(C=[N])cc1. The monoisotopic (exact) mass is 146 g/mol. The van der Waals surface area contributed by atoms with E-state index in [0.29, 0.717) is 11.1 Å². The Morgan fingerprint density at radius 2 is 1.91 bits per heavy atom. The van der Waals surface area contributed by atoms with Crippen LogP contribution in [-0.4, -0.2) is 12.0 Å². The summed E-state index contributed by atoms with van der Waals surface area (Å²) in [5.74, 6) is 0.0366. The van der Waals surface area contributed by atoms with Gasteiger partial charge in [0.15, 0.2) is 5.78 Å². The van der Waals surface area contributed by atoms with Gasteiger partial charge >= 0.3 is 0 Å². The zero-order valence-corrected chi connectivity index (χ0v) is 6.24. The minimum absolute atomic E-state index is 0.0366. The molecule has 2 nitrogen and oxygen atoms in total. The van der Waals surface area contributed by atoms with E-state index in [-0.39, 0.29) is 5.78 Å². The van der Waals surface area contributed by atoms with E-state index in [1.807, 2.05) is 0 Å². The van der Waals surface area contributed by atoms with E-state index < -0.39 is 0 Å². The molecule has 0 atom stereocenters. The first kappa shape index (κ1) is 7.66. The maximum atomic E-state index is 10.8. The fourth-order valence-corrected chi connectivity index (χ4v) is 0.804. The second-order valence-electron chi connectivity index (χ2n) is 2.31. The fraction of sp³-hybridized carbons (Fsp3) is 0.111. The smallest absolute Gasteiger partial charge is 0.159 e. The van der Waals surface area contributed by atoms with Gasteiger partial charge < -0.3 is 0 Å². The Morgan fingerprint density at radius 3 is 2.27 bits per heavy atom. The quantitative estimate of drug-likeness (QED) is 0.455. The molecule has 0 aromatic heterocycles. The van der Waals surface area contributed by atoms with E-state index in [4.69, 9.17) is 5.41 Å². The summed E-state index contributed by atoms with van der Waals surface area (Å²) in [4.78, 5) is 10.8. The van der Waals surface area contributed by atoms with Gasteiger partial charge in [0, 0.05) is 5.56 Å². The molecule has 11 heavy (non-hydrogen) atoms. The van der Waals surface area contributed by atoms with Gasteiger partial charge in [-0.05, 0) is 12.5 Å². The lowest BCUT2D eigenvalue weighted by Gasteiger charge is -1.94. The van der Waals surface area contributed by atoms with E-state index in [2.05, 4.69) is 0 Å². The Morgan fingerprint density at radius 1 is 1.36 bits per heavy atom. The summed E-state index contributed by atoms with van der Waals surface area (Å²) in [6.07, 6.45) is 1.00. The zero-order chi connectivity index (χ0) is 8.27. The second kappa shape index (κ2) is 3.10. The van der Waals surface area contributed by atoms with Gasteiger partial charge in [-0.15, -0.1) is 0 Å². The molecular weight excluding hydrogens is 138 g/mol. The summed E-state index contributed by atoms with van der Waals surface area (Å²) >= 11 is 0. The molecule has 0 N–H and O–H groups in total. The minimum Gasteiger partial charge on any atom is -0.295 e. The highest BCUT2D eigenvalue weighted by Crippen LogP contribution is 2.02. The standard InChI is InChI=1S/C9H8NO/c1-7(11)9-4-2-8(6-10)3-5-9/h2-6H,1H3. The first-order valence-corrected chi connectivity index (χ1v) is 3.32. The van der Waals surface area contributed by atoms with Gasteiger partial charge in [-0.3, -0.25) is 4.79 Å². The Kier molecular flexibility index (Phi) is 2.16. The Hall–Kier alpha value is -1.44. The number of carbonyl (C=O) groups is 1. The first-order chi connectivity index (χ1) is 5.24. The third kappa shape index (κ3) is 1.74. The van der Waals surface area contributed by atoms with E-state index >= 15 is 0 Å². The summed E-state index contributed by atoms with van der Waals surface area (Å²) in [7, 11) is 0. The third-order valence-corrected chi connectivity index (χ3v) is 1.47. The van der Waals surface area contributed by atoms with Crippen molar-refractivity contribution in [2.24, 2.45) is 0 Å². The van der Waals surface area contributed by atoms with E-state index in [1.165, 1.54) is 6.92 Å². The number of ketones is 1. The number of nitrogens with zero attached hydrogens (tertiary/aromatic N) is 1. The molecule has 0 saturated carbocycles. The van der Waals surface area contributed by atoms with Crippen molar-refractivity contribution in [1.82, 2.24) is 5.41 Å². The van der Waals surface area contributed by atoms with Crippen molar-refractivity contribution in [3.63, 3.8) is 0 Å². The number of benzene rings is 1. The molecule has 2 heteroatoms. The highest BCUT2D eigenvalue weighted by atomic mass is 16.1. The predicted molar refractivity (Wildman–Crippen MR) is 43.7 cm³/mol. The van der Waals surface area contributed by atoms with Gasteiger partial charge in [-0.2, -0.15) is 5.41 Å². The molecule has 0 aliphatic carbocycles. The molecule has 0 aliphatic rings. The lowest BCUT2D eigenvalue weighted by atomic mass is 10.1. The molecule has 1 aromatic carbocycles. The second-order valence-corrected chi connectivity index (χ2v) is 2.31. The summed E-state index contributed by atoms with van der Waals surface area (Å²) in [5, 5.41) is 8.56. The first-order valence-electron chi connectivity index (χ1n) is 3.32. The molecule has 0 fully saturated rings. The van der Waals surface area contributed by atoms with Gasteiger partial charge in [0.05, 0.1) is 6.21 Å². The Labute approximate surface area is 65.4 Å². The van der Waals surface area contributed by atoms with Gasteiger partial charge in [0.25, 0.3) is 0 Å². The highest BCUT2D eigenvalue weighted by molar-refractivity contribution is 5.94. The maximum Gasteiger partial charge on any atom is 0.159 e. The van der Waals surface area contributed by atoms with Gasteiger partial charge in [0.1, 0.15) is 0 Å². The topological polar surface area (TPSA) is 39.4 Å². The lowest BCUT2D eigenvalue weighted by molar-refractivity contribution is 0.101. The van der Waals surface area contributed by atoms with Crippen molar-refractivity contribution in [2.75, 3.05) is 0 Å². The van der Waals surface area contributed by atoms with E-state index in [1.54, 1.807) is 24.3 Å². The van der Waals surface area contributed by atoms with Crippen LogP contribution in [-0.2, 0) is 0 Å². The van der Waals surface area contributed by atoms with Crippen LogP contribution in [0.25, 0.3) is 0 Å². The van der Waals surface area contributed by atoms with E-state index in [0.717, 1.165) is 6.21 Å². The number of hydrogen-bond acceptors (Lipinski definition) is 1. The number of hydrogen-bond donors (Lipinski definition) is 0.